The van der Waals surface area contributed by atoms with Crippen molar-refractivity contribution >= 4 is 41.5 Å². The van der Waals surface area contributed by atoms with Gasteiger partial charge >= 0.3 is 0 Å². The van der Waals surface area contributed by atoms with Crippen LogP contribution in [0.1, 0.15) is 13.3 Å². The smallest absolute Gasteiger partial charge is 0.193 e. The van der Waals surface area contributed by atoms with Gasteiger partial charge in [0.15, 0.2) is 5.96 Å². The number of methoxy groups -OCH3 is 1. The first-order chi connectivity index (χ1) is 11.1. The second-order valence-corrected chi connectivity index (χ2v) is 6.31. The van der Waals surface area contributed by atoms with Crippen LogP contribution in [-0.4, -0.2) is 57.4 Å². The van der Waals surface area contributed by atoms with Gasteiger partial charge in [-0.05, 0) is 31.5 Å². The minimum absolute atomic E-state index is 0. The summed E-state index contributed by atoms with van der Waals surface area (Å²) in [4.78, 5) is 6.65. The van der Waals surface area contributed by atoms with E-state index in [9.17, 15) is 0 Å². The molecule has 0 radical (unpaired) electrons. The molecule has 1 aromatic carbocycles. The highest BCUT2D eigenvalue weighted by Gasteiger charge is 2.24. The van der Waals surface area contributed by atoms with E-state index in [2.05, 4.69) is 15.2 Å². The molecule has 7 heteroatoms. The average Bonchev–Trinajstić information content (AvgIpc) is 2.97. The first kappa shape index (κ1) is 21.3. The van der Waals surface area contributed by atoms with Crippen LogP contribution < -0.4 is 10.1 Å². The molecule has 1 saturated heterocycles. The van der Waals surface area contributed by atoms with E-state index in [0.29, 0.717) is 17.5 Å². The Bertz CT molecular complexity index is 530. The minimum atomic E-state index is 0. The normalized spacial score (nSPS) is 18.9. The fraction of sp³-hybridized carbons (Fsp3) is 0.588. The van der Waals surface area contributed by atoms with E-state index in [1.807, 2.05) is 38.2 Å². The number of halogens is 2. The summed E-state index contributed by atoms with van der Waals surface area (Å²) in [6, 6.07) is 7.45. The predicted octanol–water partition coefficient (Wildman–Crippen LogP) is 3.27. The SMILES string of the molecule is CN=C(NCC(C)Oc1cccc(Cl)c1)N1CCC(COC)C1.I. The van der Waals surface area contributed by atoms with E-state index in [1.165, 1.54) is 0 Å². The van der Waals surface area contributed by atoms with Crippen LogP contribution >= 0.6 is 35.6 Å². The molecule has 0 amide bonds. The molecule has 1 heterocycles. The quantitative estimate of drug-likeness (QED) is 0.396. The van der Waals surface area contributed by atoms with Crippen molar-refractivity contribution < 1.29 is 9.47 Å². The second kappa shape index (κ2) is 11.0. The molecule has 0 aromatic heterocycles. The van der Waals surface area contributed by atoms with Gasteiger partial charge in [-0.2, -0.15) is 0 Å². The molecule has 24 heavy (non-hydrogen) atoms. The van der Waals surface area contributed by atoms with E-state index < -0.39 is 0 Å². The van der Waals surface area contributed by atoms with Crippen molar-refractivity contribution in [2.45, 2.75) is 19.4 Å². The zero-order valence-electron chi connectivity index (χ0n) is 14.5. The van der Waals surface area contributed by atoms with Gasteiger partial charge in [0.2, 0.25) is 0 Å². The number of benzene rings is 1. The van der Waals surface area contributed by atoms with E-state index in [4.69, 9.17) is 21.1 Å². The van der Waals surface area contributed by atoms with Gasteiger partial charge in [-0.15, -0.1) is 24.0 Å². The van der Waals surface area contributed by atoms with Crippen LogP contribution in [-0.2, 0) is 4.74 Å². The monoisotopic (exact) mass is 467 g/mol. The van der Waals surface area contributed by atoms with E-state index >= 15 is 0 Å². The van der Waals surface area contributed by atoms with Gasteiger partial charge in [-0.25, -0.2) is 0 Å². The first-order valence-electron chi connectivity index (χ1n) is 7.99. The average molecular weight is 468 g/mol. The summed E-state index contributed by atoms with van der Waals surface area (Å²) in [5.74, 6) is 2.28. The van der Waals surface area contributed by atoms with Gasteiger partial charge in [0.1, 0.15) is 11.9 Å². The molecule has 0 aliphatic carbocycles. The molecule has 0 spiro atoms. The third kappa shape index (κ3) is 6.64. The zero-order chi connectivity index (χ0) is 16.7. The topological polar surface area (TPSA) is 46.1 Å². The molecule has 0 bridgehead atoms. The van der Waals surface area contributed by atoms with Crippen molar-refractivity contribution in [2.24, 2.45) is 10.9 Å². The maximum absolute atomic E-state index is 5.97. The van der Waals surface area contributed by atoms with Crippen molar-refractivity contribution in [3.63, 3.8) is 0 Å². The van der Waals surface area contributed by atoms with Crippen molar-refractivity contribution in [3.8, 4) is 5.75 Å². The highest BCUT2D eigenvalue weighted by atomic mass is 127. The maximum atomic E-state index is 5.97. The summed E-state index contributed by atoms with van der Waals surface area (Å²) in [5.41, 5.74) is 0. The number of nitrogens with zero attached hydrogens (tertiary/aromatic N) is 2. The molecule has 2 rings (SSSR count). The van der Waals surface area contributed by atoms with Crippen molar-refractivity contribution in [1.29, 1.82) is 0 Å². The van der Waals surface area contributed by atoms with Crippen LogP contribution in [0.25, 0.3) is 0 Å². The highest BCUT2D eigenvalue weighted by Crippen LogP contribution is 2.18. The predicted molar refractivity (Wildman–Crippen MR) is 110 cm³/mol. The molecule has 136 valence electrons. The van der Waals surface area contributed by atoms with E-state index in [1.54, 1.807) is 7.11 Å². The molecule has 5 nitrogen and oxygen atoms in total. The number of hydrogen-bond donors (Lipinski definition) is 1. The number of aliphatic imine (C=N–C) groups is 1. The molecular weight excluding hydrogens is 441 g/mol. The van der Waals surface area contributed by atoms with Gasteiger partial charge in [-0.1, -0.05) is 17.7 Å². The molecule has 1 N–H and O–H groups in total. The number of likely N-dealkylation sites (tertiary alicyclic amines) is 1. The number of hydrogen-bond acceptors (Lipinski definition) is 3. The minimum Gasteiger partial charge on any atom is -0.489 e. The summed E-state index contributed by atoms with van der Waals surface area (Å²) in [5, 5.41) is 4.07. The molecule has 1 aliphatic heterocycles. The van der Waals surface area contributed by atoms with Crippen LogP contribution in [0, 0.1) is 5.92 Å². The van der Waals surface area contributed by atoms with Gasteiger partial charge in [0, 0.05) is 38.2 Å². The lowest BCUT2D eigenvalue weighted by Gasteiger charge is -2.23. The Labute approximate surface area is 166 Å². The maximum Gasteiger partial charge on any atom is 0.193 e. The van der Waals surface area contributed by atoms with E-state index in [-0.39, 0.29) is 30.1 Å². The van der Waals surface area contributed by atoms with Crippen LogP contribution in [0.15, 0.2) is 29.3 Å². The third-order valence-electron chi connectivity index (χ3n) is 3.88. The van der Waals surface area contributed by atoms with E-state index in [0.717, 1.165) is 37.8 Å². The Balaban J connectivity index is 0.00000288. The number of nitrogens with one attached hydrogen (secondary N) is 1. The lowest BCUT2D eigenvalue weighted by molar-refractivity contribution is 0.157. The molecule has 1 aromatic rings. The fourth-order valence-corrected chi connectivity index (χ4v) is 2.96. The largest absolute Gasteiger partial charge is 0.489 e. The molecule has 2 unspecified atom stereocenters. The molecule has 2 atom stereocenters. The second-order valence-electron chi connectivity index (χ2n) is 5.87. The lowest BCUT2D eigenvalue weighted by atomic mass is 10.1. The Morgan fingerprint density at radius 1 is 1.50 bits per heavy atom. The summed E-state index contributed by atoms with van der Waals surface area (Å²) in [6.45, 7) is 5.51. The van der Waals surface area contributed by atoms with Crippen molar-refractivity contribution in [2.75, 3.05) is 40.4 Å². The standard InChI is InChI=1S/C17H26ClN3O2.HI/c1-13(23-16-6-4-5-15(18)9-16)10-20-17(19-2)21-8-7-14(11-21)12-22-3;/h4-6,9,13-14H,7-8,10-12H2,1-3H3,(H,19,20);1H. The number of guanidine groups is 1. The van der Waals surface area contributed by atoms with Crippen molar-refractivity contribution in [1.82, 2.24) is 10.2 Å². The summed E-state index contributed by atoms with van der Waals surface area (Å²) in [7, 11) is 3.57. The fourth-order valence-electron chi connectivity index (χ4n) is 2.78. The first-order valence-corrected chi connectivity index (χ1v) is 8.37. The number of rotatable bonds is 6. The molecular formula is C17H27ClIN3O2. The van der Waals surface area contributed by atoms with Crippen LogP contribution in [0.3, 0.4) is 0 Å². The highest BCUT2D eigenvalue weighted by molar-refractivity contribution is 14.0. The third-order valence-corrected chi connectivity index (χ3v) is 4.12. The van der Waals surface area contributed by atoms with Gasteiger partial charge in [-0.3, -0.25) is 4.99 Å². The number of ether oxygens (including phenoxy) is 2. The Kier molecular flexibility index (Phi) is 9.76. The molecule has 1 aliphatic rings. The summed E-state index contributed by atoms with van der Waals surface area (Å²) >= 11 is 5.97. The van der Waals surface area contributed by atoms with Crippen molar-refractivity contribution in [3.05, 3.63) is 29.3 Å². The summed E-state index contributed by atoms with van der Waals surface area (Å²) < 4.78 is 11.1. The Morgan fingerprint density at radius 3 is 2.96 bits per heavy atom. The van der Waals surface area contributed by atoms with Gasteiger partial charge < -0.3 is 19.7 Å². The van der Waals surface area contributed by atoms with Gasteiger partial charge in [0.25, 0.3) is 0 Å². The Morgan fingerprint density at radius 2 is 2.29 bits per heavy atom. The molecule has 1 fully saturated rings. The summed E-state index contributed by atoms with van der Waals surface area (Å²) in [6.07, 6.45) is 1.16. The van der Waals surface area contributed by atoms with Gasteiger partial charge in [0.05, 0.1) is 13.2 Å². The lowest BCUT2D eigenvalue weighted by Crippen LogP contribution is -2.43. The molecule has 0 saturated carbocycles. The Hall–Kier alpha value is -0.730. The van der Waals surface area contributed by atoms with Crippen LogP contribution in [0.2, 0.25) is 5.02 Å². The van der Waals surface area contributed by atoms with Crippen LogP contribution in [0.5, 0.6) is 5.75 Å². The zero-order valence-corrected chi connectivity index (χ0v) is 17.6. The van der Waals surface area contributed by atoms with Crippen LogP contribution in [0.4, 0.5) is 0 Å².